The van der Waals surface area contributed by atoms with Gasteiger partial charge in [-0.1, -0.05) is 28.9 Å². The van der Waals surface area contributed by atoms with Gasteiger partial charge in [-0.15, -0.1) is 0 Å². The number of ether oxygens (including phenoxy) is 1. The maximum absolute atomic E-state index is 14.1. The molecule has 128 valence electrons. The zero-order valence-corrected chi connectivity index (χ0v) is 13.3. The van der Waals surface area contributed by atoms with E-state index in [4.69, 9.17) is 26.6 Å². The molecule has 9 heteroatoms. The van der Waals surface area contributed by atoms with E-state index in [2.05, 4.69) is 10.1 Å². The van der Waals surface area contributed by atoms with Crippen molar-refractivity contribution in [3.63, 3.8) is 0 Å². The highest BCUT2D eigenvalue weighted by Crippen LogP contribution is 2.26. The normalized spacial score (nSPS) is 10.7. The van der Waals surface area contributed by atoms with Crippen LogP contribution in [0.2, 0.25) is 5.02 Å². The van der Waals surface area contributed by atoms with E-state index in [1.54, 1.807) is 24.3 Å². The van der Waals surface area contributed by atoms with E-state index in [1.165, 1.54) is 0 Å². The highest BCUT2D eigenvalue weighted by Gasteiger charge is 2.20. The van der Waals surface area contributed by atoms with E-state index < -0.39 is 23.1 Å². The van der Waals surface area contributed by atoms with Crippen molar-refractivity contribution in [1.82, 2.24) is 10.1 Å². The summed E-state index contributed by atoms with van der Waals surface area (Å²) in [6.45, 7) is -0.293. The Morgan fingerprint density at radius 1 is 1.24 bits per heavy atom. The SMILES string of the molecule is NC(=O)c1c(F)ccc(OCc2nc(-c3ccccc3Cl)no2)c1F. The molecule has 2 aromatic carbocycles. The van der Waals surface area contributed by atoms with Gasteiger partial charge in [-0.05, 0) is 24.3 Å². The molecule has 0 spiro atoms. The van der Waals surface area contributed by atoms with Crippen LogP contribution in [-0.2, 0) is 6.61 Å². The predicted molar refractivity (Wildman–Crippen MR) is 84.0 cm³/mol. The van der Waals surface area contributed by atoms with Crippen molar-refractivity contribution in [2.45, 2.75) is 6.61 Å². The minimum atomic E-state index is -1.24. The molecule has 0 radical (unpaired) electrons. The van der Waals surface area contributed by atoms with Gasteiger partial charge in [0.15, 0.2) is 18.2 Å². The lowest BCUT2D eigenvalue weighted by Gasteiger charge is -2.07. The number of carbonyl (C=O) groups is 1. The van der Waals surface area contributed by atoms with Gasteiger partial charge in [-0.25, -0.2) is 8.78 Å². The summed E-state index contributed by atoms with van der Waals surface area (Å²) in [4.78, 5) is 15.2. The second kappa shape index (κ2) is 6.86. The number of carbonyl (C=O) groups excluding carboxylic acids is 1. The largest absolute Gasteiger partial charge is 0.481 e. The Morgan fingerprint density at radius 3 is 2.72 bits per heavy atom. The van der Waals surface area contributed by atoms with Crippen LogP contribution in [0.3, 0.4) is 0 Å². The standard InChI is InChI=1S/C16H10ClF2N3O3/c17-9-4-2-1-3-8(9)16-21-12(25-22-16)7-24-11-6-5-10(18)13(14(11)19)15(20)23/h1-6H,7H2,(H2,20,23). The number of amides is 1. The van der Waals surface area contributed by atoms with Crippen molar-refractivity contribution in [3.05, 3.63) is 64.5 Å². The summed E-state index contributed by atoms with van der Waals surface area (Å²) in [6, 6.07) is 8.79. The van der Waals surface area contributed by atoms with Gasteiger partial charge in [-0.3, -0.25) is 4.79 Å². The summed E-state index contributed by atoms with van der Waals surface area (Å²) < 4.78 is 37.7. The third-order valence-corrected chi connectivity index (χ3v) is 3.57. The van der Waals surface area contributed by atoms with Crippen molar-refractivity contribution >= 4 is 17.5 Å². The monoisotopic (exact) mass is 365 g/mol. The number of halogens is 3. The second-order valence-electron chi connectivity index (χ2n) is 4.88. The zero-order valence-electron chi connectivity index (χ0n) is 12.5. The lowest BCUT2D eigenvalue weighted by molar-refractivity contribution is 0.0991. The van der Waals surface area contributed by atoms with Crippen LogP contribution in [0.15, 0.2) is 40.9 Å². The first-order chi connectivity index (χ1) is 12.0. The number of rotatable bonds is 5. The van der Waals surface area contributed by atoms with Crippen molar-refractivity contribution in [1.29, 1.82) is 0 Å². The highest BCUT2D eigenvalue weighted by atomic mass is 35.5. The number of primary amides is 1. The molecule has 0 fully saturated rings. The van der Waals surface area contributed by atoms with Gasteiger partial charge in [0.2, 0.25) is 5.82 Å². The van der Waals surface area contributed by atoms with Gasteiger partial charge in [0.05, 0.1) is 5.02 Å². The summed E-state index contributed by atoms with van der Waals surface area (Å²) in [5.74, 6) is -3.60. The van der Waals surface area contributed by atoms with Crippen molar-refractivity contribution in [2.75, 3.05) is 0 Å². The van der Waals surface area contributed by atoms with Gasteiger partial charge >= 0.3 is 0 Å². The first kappa shape index (κ1) is 16.8. The van der Waals surface area contributed by atoms with Gasteiger partial charge in [0.25, 0.3) is 11.8 Å². The molecule has 2 N–H and O–H groups in total. The molecule has 0 atom stereocenters. The molecular formula is C16H10ClF2N3O3. The van der Waals surface area contributed by atoms with E-state index in [9.17, 15) is 13.6 Å². The summed E-state index contributed by atoms with van der Waals surface area (Å²) >= 11 is 6.04. The van der Waals surface area contributed by atoms with Gasteiger partial charge in [0.1, 0.15) is 11.4 Å². The molecule has 0 saturated heterocycles. The average Bonchev–Trinajstić information content (AvgIpc) is 3.03. The fraction of sp³-hybridized carbons (Fsp3) is 0.0625. The minimum absolute atomic E-state index is 0.0410. The van der Waals surface area contributed by atoms with E-state index >= 15 is 0 Å². The third-order valence-electron chi connectivity index (χ3n) is 3.24. The Balaban J connectivity index is 1.79. The van der Waals surface area contributed by atoms with E-state index in [0.717, 1.165) is 12.1 Å². The molecule has 25 heavy (non-hydrogen) atoms. The Hall–Kier alpha value is -3.00. The second-order valence-corrected chi connectivity index (χ2v) is 5.29. The Labute approximate surface area is 145 Å². The van der Waals surface area contributed by atoms with E-state index in [1.807, 2.05) is 0 Å². The van der Waals surface area contributed by atoms with Crippen molar-refractivity contribution in [3.8, 4) is 17.1 Å². The van der Waals surface area contributed by atoms with Crippen molar-refractivity contribution < 1.29 is 22.8 Å². The molecule has 0 unspecified atom stereocenters. The molecule has 6 nitrogen and oxygen atoms in total. The molecule has 0 aliphatic heterocycles. The molecule has 0 bridgehead atoms. The fourth-order valence-electron chi connectivity index (χ4n) is 2.08. The van der Waals surface area contributed by atoms with Crippen LogP contribution >= 0.6 is 11.6 Å². The number of nitrogens with zero attached hydrogens (tertiary/aromatic N) is 2. The maximum atomic E-state index is 14.1. The number of hydrogen-bond donors (Lipinski definition) is 1. The van der Waals surface area contributed by atoms with Crippen LogP contribution in [-0.4, -0.2) is 16.0 Å². The Bertz CT molecular complexity index is 946. The maximum Gasteiger partial charge on any atom is 0.264 e. The molecule has 1 heterocycles. The number of aromatic nitrogens is 2. The summed E-state index contributed by atoms with van der Waals surface area (Å²) in [5.41, 5.74) is 4.63. The lowest BCUT2D eigenvalue weighted by Crippen LogP contribution is -2.16. The minimum Gasteiger partial charge on any atom is -0.481 e. The van der Waals surface area contributed by atoms with Crippen LogP contribution in [0.1, 0.15) is 16.2 Å². The smallest absolute Gasteiger partial charge is 0.264 e. The lowest BCUT2D eigenvalue weighted by atomic mass is 10.1. The first-order valence-electron chi connectivity index (χ1n) is 6.95. The van der Waals surface area contributed by atoms with Crippen LogP contribution in [0, 0.1) is 11.6 Å². The van der Waals surface area contributed by atoms with Crippen molar-refractivity contribution in [2.24, 2.45) is 5.73 Å². The summed E-state index contributed by atoms with van der Waals surface area (Å²) in [6.07, 6.45) is 0. The zero-order chi connectivity index (χ0) is 18.0. The van der Waals surface area contributed by atoms with Gasteiger partial charge in [-0.2, -0.15) is 4.98 Å². The van der Waals surface area contributed by atoms with E-state index in [-0.39, 0.29) is 24.1 Å². The molecule has 0 aliphatic rings. The number of benzene rings is 2. The first-order valence-corrected chi connectivity index (χ1v) is 7.33. The predicted octanol–water partition coefficient (Wildman–Crippen LogP) is 3.35. The number of nitrogens with two attached hydrogens (primary N) is 1. The van der Waals surface area contributed by atoms with E-state index in [0.29, 0.717) is 10.6 Å². The van der Waals surface area contributed by atoms with Crippen LogP contribution in [0.25, 0.3) is 11.4 Å². The Morgan fingerprint density at radius 2 is 2.00 bits per heavy atom. The molecule has 1 amide bonds. The Kier molecular flexibility index (Phi) is 4.62. The quantitative estimate of drug-likeness (QED) is 0.748. The van der Waals surface area contributed by atoms with Crippen LogP contribution < -0.4 is 10.5 Å². The highest BCUT2D eigenvalue weighted by molar-refractivity contribution is 6.33. The van der Waals surface area contributed by atoms with Gasteiger partial charge < -0.3 is 15.0 Å². The topological polar surface area (TPSA) is 91.2 Å². The molecule has 0 saturated carbocycles. The summed E-state index contributed by atoms with van der Waals surface area (Å²) in [5, 5.41) is 4.20. The fourth-order valence-corrected chi connectivity index (χ4v) is 2.30. The summed E-state index contributed by atoms with van der Waals surface area (Å²) in [7, 11) is 0. The van der Waals surface area contributed by atoms with Gasteiger partial charge in [0, 0.05) is 5.56 Å². The molecule has 3 aromatic rings. The average molecular weight is 366 g/mol. The molecule has 3 rings (SSSR count). The third kappa shape index (κ3) is 3.43. The molecule has 1 aromatic heterocycles. The molecule has 0 aliphatic carbocycles. The molecular weight excluding hydrogens is 356 g/mol. The van der Waals surface area contributed by atoms with Crippen LogP contribution in [0.4, 0.5) is 8.78 Å². The number of hydrogen-bond acceptors (Lipinski definition) is 5. The van der Waals surface area contributed by atoms with Crippen LogP contribution in [0.5, 0.6) is 5.75 Å².